The van der Waals surface area contributed by atoms with Crippen molar-refractivity contribution in [3.05, 3.63) is 10.4 Å². The van der Waals surface area contributed by atoms with E-state index in [1.54, 1.807) is 0 Å². The zero-order chi connectivity index (χ0) is 10.2. The van der Waals surface area contributed by atoms with Crippen molar-refractivity contribution < 1.29 is 4.79 Å². The Morgan fingerprint density at radius 2 is 2.50 bits per heavy atom. The third-order valence-electron chi connectivity index (χ3n) is 2.14. The van der Waals surface area contributed by atoms with E-state index < -0.39 is 0 Å². The largest absolute Gasteiger partial charge is 0.355 e. The van der Waals surface area contributed by atoms with Crippen molar-refractivity contribution in [1.29, 1.82) is 0 Å². The standard InChI is InChI=1S/C8H15N5O/c9-12-11-4-2-6-13-5-1-3-10-8(14)7-13/h1-7H2,(H,10,14). The fraction of sp³-hybridized carbons (Fsp3) is 0.875. The molecule has 0 radical (unpaired) electrons. The molecule has 6 nitrogen and oxygen atoms in total. The van der Waals surface area contributed by atoms with Gasteiger partial charge in [0, 0.05) is 24.5 Å². The van der Waals surface area contributed by atoms with Crippen LogP contribution in [0.4, 0.5) is 0 Å². The van der Waals surface area contributed by atoms with Gasteiger partial charge >= 0.3 is 0 Å². The summed E-state index contributed by atoms with van der Waals surface area (Å²) in [5, 5.41) is 6.27. The van der Waals surface area contributed by atoms with E-state index in [0.29, 0.717) is 13.1 Å². The first kappa shape index (κ1) is 10.8. The Bertz CT molecular complexity index is 236. The van der Waals surface area contributed by atoms with E-state index in [-0.39, 0.29) is 5.91 Å². The molecule has 0 spiro atoms. The second-order valence-corrected chi connectivity index (χ2v) is 3.29. The molecule has 1 fully saturated rings. The first-order valence-corrected chi connectivity index (χ1v) is 4.83. The molecule has 14 heavy (non-hydrogen) atoms. The number of azide groups is 1. The summed E-state index contributed by atoms with van der Waals surface area (Å²) >= 11 is 0. The van der Waals surface area contributed by atoms with Crippen molar-refractivity contribution in [3.63, 3.8) is 0 Å². The van der Waals surface area contributed by atoms with Crippen LogP contribution in [0.2, 0.25) is 0 Å². The predicted octanol–water partition coefficient (Wildman–Crippen LogP) is 0.509. The van der Waals surface area contributed by atoms with Crippen LogP contribution in [-0.4, -0.2) is 43.5 Å². The number of rotatable bonds is 4. The summed E-state index contributed by atoms with van der Waals surface area (Å²) in [4.78, 5) is 15.9. The molecule has 0 unspecified atom stereocenters. The van der Waals surface area contributed by atoms with Crippen molar-refractivity contribution >= 4 is 5.91 Å². The van der Waals surface area contributed by atoms with E-state index in [9.17, 15) is 4.79 Å². The van der Waals surface area contributed by atoms with Crippen LogP contribution in [0, 0.1) is 0 Å². The van der Waals surface area contributed by atoms with Crippen molar-refractivity contribution in [1.82, 2.24) is 10.2 Å². The summed E-state index contributed by atoms with van der Waals surface area (Å²) in [7, 11) is 0. The molecular formula is C8H15N5O. The van der Waals surface area contributed by atoms with Crippen LogP contribution in [0.25, 0.3) is 10.4 Å². The summed E-state index contributed by atoms with van der Waals surface area (Å²) in [5.41, 5.74) is 8.07. The minimum absolute atomic E-state index is 0.0892. The average molecular weight is 197 g/mol. The van der Waals surface area contributed by atoms with Gasteiger partial charge in [-0.25, -0.2) is 0 Å². The highest BCUT2D eigenvalue weighted by Crippen LogP contribution is 1.97. The Balaban J connectivity index is 2.21. The maximum absolute atomic E-state index is 11.1. The van der Waals surface area contributed by atoms with E-state index in [2.05, 4.69) is 20.2 Å². The number of hydrogen-bond acceptors (Lipinski definition) is 3. The van der Waals surface area contributed by atoms with Gasteiger partial charge in [-0.15, -0.1) is 0 Å². The van der Waals surface area contributed by atoms with E-state index in [1.807, 2.05) is 0 Å². The van der Waals surface area contributed by atoms with Gasteiger partial charge in [-0.2, -0.15) is 0 Å². The lowest BCUT2D eigenvalue weighted by Crippen LogP contribution is -2.33. The first-order chi connectivity index (χ1) is 6.83. The summed E-state index contributed by atoms with van der Waals surface area (Å²) in [6.07, 6.45) is 1.81. The fourth-order valence-corrected chi connectivity index (χ4v) is 1.47. The lowest BCUT2D eigenvalue weighted by atomic mass is 10.3. The third-order valence-corrected chi connectivity index (χ3v) is 2.14. The second-order valence-electron chi connectivity index (χ2n) is 3.29. The van der Waals surface area contributed by atoms with Crippen LogP contribution < -0.4 is 5.32 Å². The Labute approximate surface area is 82.9 Å². The van der Waals surface area contributed by atoms with Crippen LogP contribution in [0.3, 0.4) is 0 Å². The quantitative estimate of drug-likeness (QED) is 0.308. The molecule has 0 bridgehead atoms. The van der Waals surface area contributed by atoms with E-state index >= 15 is 0 Å². The molecule has 0 aliphatic carbocycles. The number of hydrogen-bond donors (Lipinski definition) is 1. The summed E-state index contributed by atoms with van der Waals surface area (Å²) in [6.45, 7) is 3.51. The minimum Gasteiger partial charge on any atom is -0.355 e. The topological polar surface area (TPSA) is 81.1 Å². The van der Waals surface area contributed by atoms with E-state index in [0.717, 1.165) is 32.5 Å². The van der Waals surface area contributed by atoms with Gasteiger partial charge in [0.15, 0.2) is 0 Å². The van der Waals surface area contributed by atoms with Crippen molar-refractivity contribution in [2.45, 2.75) is 12.8 Å². The Hall–Kier alpha value is -1.26. The van der Waals surface area contributed by atoms with Crippen LogP contribution in [0.1, 0.15) is 12.8 Å². The summed E-state index contributed by atoms with van der Waals surface area (Å²) in [6, 6.07) is 0. The second kappa shape index (κ2) is 6.23. The van der Waals surface area contributed by atoms with Crippen LogP contribution in [-0.2, 0) is 4.79 Å². The Kier molecular flexibility index (Phi) is 4.82. The molecule has 1 heterocycles. The Morgan fingerprint density at radius 3 is 3.29 bits per heavy atom. The van der Waals surface area contributed by atoms with Gasteiger partial charge in [-0.3, -0.25) is 9.69 Å². The van der Waals surface area contributed by atoms with Gasteiger partial charge in [-0.1, -0.05) is 5.11 Å². The molecule has 0 aromatic heterocycles. The SMILES string of the molecule is [N-]=[N+]=NCCCN1CCCNC(=O)C1. The molecule has 1 aliphatic rings. The smallest absolute Gasteiger partial charge is 0.234 e. The van der Waals surface area contributed by atoms with Crippen LogP contribution in [0.5, 0.6) is 0 Å². The normalized spacial score (nSPS) is 18.1. The molecule has 1 amide bonds. The van der Waals surface area contributed by atoms with Gasteiger partial charge in [0.2, 0.25) is 5.91 Å². The Morgan fingerprint density at radius 1 is 1.64 bits per heavy atom. The summed E-state index contributed by atoms with van der Waals surface area (Å²) < 4.78 is 0. The summed E-state index contributed by atoms with van der Waals surface area (Å²) in [5.74, 6) is 0.0892. The van der Waals surface area contributed by atoms with E-state index in [1.165, 1.54) is 0 Å². The fourth-order valence-electron chi connectivity index (χ4n) is 1.47. The van der Waals surface area contributed by atoms with Crippen LogP contribution >= 0.6 is 0 Å². The predicted molar refractivity (Wildman–Crippen MR) is 52.7 cm³/mol. The third kappa shape index (κ3) is 4.11. The lowest BCUT2D eigenvalue weighted by molar-refractivity contribution is -0.121. The van der Waals surface area contributed by atoms with Gasteiger partial charge in [0.05, 0.1) is 6.54 Å². The molecule has 6 heteroatoms. The van der Waals surface area contributed by atoms with Gasteiger partial charge in [0.25, 0.3) is 0 Å². The van der Waals surface area contributed by atoms with Crippen LogP contribution in [0.15, 0.2) is 5.11 Å². The number of amides is 1. The number of nitrogens with zero attached hydrogens (tertiary/aromatic N) is 4. The van der Waals surface area contributed by atoms with Gasteiger partial charge in [-0.05, 0) is 24.9 Å². The molecule has 1 saturated heterocycles. The zero-order valence-corrected chi connectivity index (χ0v) is 8.15. The van der Waals surface area contributed by atoms with E-state index in [4.69, 9.17) is 5.53 Å². The van der Waals surface area contributed by atoms with Gasteiger partial charge < -0.3 is 5.32 Å². The first-order valence-electron chi connectivity index (χ1n) is 4.83. The minimum atomic E-state index is 0.0892. The number of carbonyl (C=O) groups is 1. The maximum Gasteiger partial charge on any atom is 0.234 e. The highest BCUT2D eigenvalue weighted by atomic mass is 16.2. The monoisotopic (exact) mass is 197 g/mol. The molecule has 0 saturated carbocycles. The lowest BCUT2D eigenvalue weighted by Gasteiger charge is -2.17. The van der Waals surface area contributed by atoms with Crippen molar-refractivity contribution in [2.24, 2.45) is 5.11 Å². The molecule has 1 N–H and O–H groups in total. The highest BCUT2D eigenvalue weighted by Gasteiger charge is 2.13. The van der Waals surface area contributed by atoms with Gasteiger partial charge in [0.1, 0.15) is 0 Å². The molecule has 1 rings (SSSR count). The molecule has 0 aromatic carbocycles. The number of carbonyl (C=O) groups excluding carboxylic acids is 1. The zero-order valence-electron chi connectivity index (χ0n) is 8.15. The average Bonchev–Trinajstić information content (AvgIpc) is 2.38. The number of nitrogens with one attached hydrogen (secondary N) is 1. The molecule has 0 aromatic rings. The molecular weight excluding hydrogens is 182 g/mol. The van der Waals surface area contributed by atoms with Crippen molar-refractivity contribution in [2.75, 3.05) is 32.7 Å². The molecule has 78 valence electrons. The highest BCUT2D eigenvalue weighted by molar-refractivity contribution is 5.78. The maximum atomic E-state index is 11.1. The van der Waals surface area contributed by atoms with Crippen molar-refractivity contribution in [3.8, 4) is 0 Å². The molecule has 0 atom stereocenters. The molecule has 1 aliphatic heterocycles.